The van der Waals surface area contributed by atoms with Crippen molar-refractivity contribution in [1.82, 2.24) is 0 Å². The maximum absolute atomic E-state index is 12.5. The van der Waals surface area contributed by atoms with E-state index in [1.807, 2.05) is 31.2 Å². The number of anilines is 1. The molecule has 0 aromatic heterocycles. The number of esters is 1. The normalized spacial score (nSPS) is 11.1. The summed E-state index contributed by atoms with van der Waals surface area (Å²) in [4.78, 5) is 11.9. The van der Waals surface area contributed by atoms with Gasteiger partial charge in [-0.3, -0.25) is 4.72 Å². The molecule has 6 heteroatoms. The highest BCUT2D eigenvalue weighted by atomic mass is 32.2. The van der Waals surface area contributed by atoms with E-state index in [-0.39, 0.29) is 10.9 Å². The number of aryl methyl sites for hydroxylation is 1. The number of hydrogen-bond donors (Lipinski definition) is 1. The molecule has 3 aromatic rings. The molecule has 0 fully saturated rings. The summed E-state index contributed by atoms with van der Waals surface area (Å²) in [5.74, 6) is -0.352. The summed E-state index contributed by atoms with van der Waals surface area (Å²) in [6.45, 7) is 4.00. The molecule has 1 N–H and O–H groups in total. The smallest absolute Gasteiger partial charge is 0.338 e. The van der Waals surface area contributed by atoms with Gasteiger partial charge in [-0.15, -0.1) is 0 Å². The molecule has 0 saturated heterocycles. The maximum Gasteiger partial charge on any atom is 0.338 e. The third-order valence-electron chi connectivity index (χ3n) is 4.20. The Morgan fingerprint density at radius 1 is 0.857 bits per heavy atom. The molecule has 0 aliphatic rings. The van der Waals surface area contributed by atoms with Gasteiger partial charge in [0, 0.05) is 5.69 Å². The lowest BCUT2D eigenvalue weighted by Crippen LogP contribution is -2.12. The number of ether oxygens (including phenoxy) is 1. The fraction of sp³-hybridized carbons (Fsp3) is 0.136. The molecule has 28 heavy (non-hydrogen) atoms. The van der Waals surface area contributed by atoms with Crippen LogP contribution in [0, 0.1) is 6.92 Å². The van der Waals surface area contributed by atoms with E-state index in [2.05, 4.69) is 4.72 Å². The molecular formula is C22H21NO4S. The van der Waals surface area contributed by atoms with Gasteiger partial charge in [0.2, 0.25) is 0 Å². The van der Waals surface area contributed by atoms with Crippen LogP contribution in [0.2, 0.25) is 0 Å². The predicted molar refractivity (Wildman–Crippen MR) is 110 cm³/mol. The zero-order valence-corrected chi connectivity index (χ0v) is 16.5. The average molecular weight is 395 g/mol. The highest BCUT2D eigenvalue weighted by molar-refractivity contribution is 7.92. The van der Waals surface area contributed by atoms with Crippen LogP contribution in [-0.4, -0.2) is 21.0 Å². The largest absolute Gasteiger partial charge is 0.462 e. The maximum atomic E-state index is 12.5. The van der Waals surface area contributed by atoms with Crippen LogP contribution < -0.4 is 4.72 Å². The zero-order chi connectivity index (χ0) is 20.1. The highest BCUT2D eigenvalue weighted by Gasteiger charge is 2.14. The molecule has 0 saturated carbocycles. The van der Waals surface area contributed by atoms with Crippen molar-refractivity contribution in [2.75, 3.05) is 11.3 Å². The SMILES string of the molecule is CCOC(=O)c1ccc(-c2ccc(NS(=O)(=O)c3ccc(C)cc3)cc2)cc1. The van der Waals surface area contributed by atoms with Crippen LogP contribution >= 0.6 is 0 Å². The van der Waals surface area contributed by atoms with Gasteiger partial charge in [0.15, 0.2) is 0 Å². The summed E-state index contributed by atoms with van der Waals surface area (Å²) >= 11 is 0. The van der Waals surface area contributed by atoms with Gasteiger partial charge in [0.25, 0.3) is 10.0 Å². The Morgan fingerprint density at radius 3 is 1.93 bits per heavy atom. The summed E-state index contributed by atoms with van der Waals surface area (Å²) < 4.78 is 32.5. The number of nitrogens with one attached hydrogen (secondary N) is 1. The number of rotatable bonds is 6. The van der Waals surface area contributed by atoms with Crippen LogP contribution in [0.25, 0.3) is 11.1 Å². The molecule has 0 atom stereocenters. The van der Waals surface area contributed by atoms with Crippen molar-refractivity contribution < 1.29 is 17.9 Å². The molecule has 144 valence electrons. The predicted octanol–water partition coefficient (Wildman–Crippen LogP) is 4.64. The van der Waals surface area contributed by atoms with Crippen molar-refractivity contribution in [3.05, 3.63) is 83.9 Å². The standard InChI is InChI=1S/C22H21NO4S/c1-3-27-22(24)19-8-6-17(7-9-19)18-10-12-20(13-11-18)23-28(25,26)21-14-4-16(2)5-15-21/h4-15,23H,3H2,1-2H3. The number of carbonyl (C=O) groups excluding carboxylic acids is 1. The van der Waals surface area contributed by atoms with Gasteiger partial charge in [0.05, 0.1) is 17.1 Å². The molecule has 3 aromatic carbocycles. The van der Waals surface area contributed by atoms with E-state index < -0.39 is 10.0 Å². The van der Waals surface area contributed by atoms with E-state index in [1.54, 1.807) is 55.5 Å². The van der Waals surface area contributed by atoms with Crippen LogP contribution in [0.4, 0.5) is 5.69 Å². The van der Waals surface area contributed by atoms with Crippen LogP contribution in [0.5, 0.6) is 0 Å². The van der Waals surface area contributed by atoms with Gasteiger partial charge in [-0.25, -0.2) is 13.2 Å². The monoisotopic (exact) mass is 395 g/mol. The molecule has 0 aliphatic carbocycles. The van der Waals surface area contributed by atoms with Crippen molar-refractivity contribution in [1.29, 1.82) is 0 Å². The van der Waals surface area contributed by atoms with Crippen molar-refractivity contribution in [2.45, 2.75) is 18.7 Å². The van der Waals surface area contributed by atoms with Crippen LogP contribution in [-0.2, 0) is 14.8 Å². The quantitative estimate of drug-likeness (QED) is 0.617. The first-order chi connectivity index (χ1) is 13.4. The molecule has 0 amide bonds. The van der Waals surface area contributed by atoms with Gasteiger partial charge in [-0.05, 0) is 61.4 Å². The number of hydrogen-bond acceptors (Lipinski definition) is 4. The lowest BCUT2D eigenvalue weighted by Gasteiger charge is -2.10. The molecular weight excluding hydrogens is 374 g/mol. The minimum absolute atomic E-state index is 0.219. The topological polar surface area (TPSA) is 72.5 Å². The van der Waals surface area contributed by atoms with Crippen molar-refractivity contribution in [2.24, 2.45) is 0 Å². The molecule has 3 rings (SSSR count). The number of sulfonamides is 1. The second kappa shape index (κ2) is 8.27. The van der Waals surface area contributed by atoms with Gasteiger partial charge < -0.3 is 4.74 Å². The summed E-state index contributed by atoms with van der Waals surface area (Å²) in [7, 11) is -3.63. The van der Waals surface area contributed by atoms with E-state index in [0.717, 1.165) is 16.7 Å². The van der Waals surface area contributed by atoms with E-state index in [1.165, 1.54) is 0 Å². The summed E-state index contributed by atoms with van der Waals surface area (Å²) in [5.41, 5.74) is 3.80. The highest BCUT2D eigenvalue weighted by Crippen LogP contribution is 2.23. The van der Waals surface area contributed by atoms with Crippen molar-refractivity contribution >= 4 is 21.7 Å². The van der Waals surface area contributed by atoms with Gasteiger partial charge in [-0.1, -0.05) is 42.0 Å². The first-order valence-electron chi connectivity index (χ1n) is 8.86. The Kier molecular flexibility index (Phi) is 5.80. The molecule has 0 aliphatic heterocycles. The van der Waals surface area contributed by atoms with E-state index in [9.17, 15) is 13.2 Å². The number of carbonyl (C=O) groups is 1. The molecule has 5 nitrogen and oxygen atoms in total. The molecule has 0 spiro atoms. The lowest BCUT2D eigenvalue weighted by atomic mass is 10.0. The minimum atomic E-state index is -3.63. The third kappa shape index (κ3) is 4.58. The Bertz CT molecular complexity index is 1060. The first kappa shape index (κ1) is 19.6. The summed E-state index contributed by atoms with van der Waals surface area (Å²) in [5, 5.41) is 0. The third-order valence-corrected chi connectivity index (χ3v) is 5.59. The zero-order valence-electron chi connectivity index (χ0n) is 15.7. The van der Waals surface area contributed by atoms with Gasteiger partial charge >= 0.3 is 5.97 Å². The first-order valence-corrected chi connectivity index (χ1v) is 10.3. The van der Waals surface area contributed by atoms with Crippen LogP contribution in [0.15, 0.2) is 77.7 Å². The summed E-state index contributed by atoms with van der Waals surface area (Å²) in [6.07, 6.45) is 0. The fourth-order valence-electron chi connectivity index (χ4n) is 2.68. The Hall–Kier alpha value is -3.12. The van der Waals surface area contributed by atoms with Crippen molar-refractivity contribution in [3.63, 3.8) is 0 Å². The van der Waals surface area contributed by atoms with E-state index >= 15 is 0 Å². The minimum Gasteiger partial charge on any atom is -0.462 e. The molecule has 0 unspecified atom stereocenters. The van der Waals surface area contributed by atoms with Gasteiger partial charge in [0.1, 0.15) is 0 Å². The van der Waals surface area contributed by atoms with Gasteiger partial charge in [-0.2, -0.15) is 0 Å². The second-order valence-electron chi connectivity index (χ2n) is 6.29. The van der Waals surface area contributed by atoms with Crippen LogP contribution in [0.1, 0.15) is 22.8 Å². The summed E-state index contributed by atoms with van der Waals surface area (Å²) in [6, 6.07) is 20.8. The van der Waals surface area contributed by atoms with Crippen molar-refractivity contribution in [3.8, 4) is 11.1 Å². The van der Waals surface area contributed by atoms with Crippen LogP contribution in [0.3, 0.4) is 0 Å². The Labute approximate surface area is 165 Å². The lowest BCUT2D eigenvalue weighted by molar-refractivity contribution is 0.0526. The second-order valence-corrected chi connectivity index (χ2v) is 7.98. The molecule has 0 bridgehead atoms. The Balaban J connectivity index is 1.74. The molecule has 0 radical (unpaired) electrons. The fourth-order valence-corrected chi connectivity index (χ4v) is 3.73. The average Bonchev–Trinajstić information content (AvgIpc) is 2.69. The van der Waals surface area contributed by atoms with E-state index in [0.29, 0.717) is 17.9 Å². The Morgan fingerprint density at radius 2 is 1.39 bits per heavy atom. The molecule has 0 heterocycles. The van der Waals surface area contributed by atoms with E-state index in [4.69, 9.17) is 4.74 Å². The number of benzene rings is 3.